The number of anilines is 1. The zero-order valence-corrected chi connectivity index (χ0v) is 14.7. The number of Topliss-reactive ketones (excluding diaryl/α,β-unsaturated/α-hetero) is 1. The quantitative estimate of drug-likeness (QED) is 0.720. The van der Waals surface area contributed by atoms with E-state index in [9.17, 15) is 14.0 Å². The molecule has 0 fully saturated rings. The number of hydrogen-bond acceptors (Lipinski definition) is 3. The number of carbonyl (C=O) groups excluding carboxylic acids is 2. The van der Waals surface area contributed by atoms with Crippen molar-refractivity contribution in [1.82, 2.24) is 9.78 Å². The number of halogens is 1. The third-order valence-electron chi connectivity index (χ3n) is 4.00. The van der Waals surface area contributed by atoms with Crippen LogP contribution in [0.3, 0.4) is 0 Å². The van der Waals surface area contributed by atoms with Gasteiger partial charge in [0.15, 0.2) is 5.78 Å². The fourth-order valence-corrected chi connectivity index (χ4v) is 2.68. The molecule has 1 aromatic heterocycles. The summed E-state index contributed by atoms with van der Waals surface area (Å²) in [6.45, 7) is 5.14. The lowest BCUT2D eigenvalue weighted by atomic mass is 10.1. The Morgan fingerprint density at radius 3 is 2.19 bits per heavy atom. The summed E-state index contributed by atoms with van der Waals surface area (Å²) in [5.41, 5.74) is 3.18. The predicted octanol–water partition coefficient (Wildman–Crippen LogP) is 4.08. The maximum absolute atomic E-state index is 14.5. The fraction of sp³-hybridized carbons (Fsp3) is 0.150. The van der Waals surface area contributed by atoms with Crippen molar-refractivity contribution in [1.29, 1.82) is 0 Å². The van der Waals surface area contributed by atoms with Gasteiger partial charge in [-0.1, -0.05) is 0 Å². The molecule has 0 saturated carbocycles. The molecule has 0 saturated heterocycles. The summed E-state index contributed by atoms with van der Waals surface area (Å²) in [6, 6.07) is 12.6. The summed E-state index contributed by atoms with van der Waals surface area (Å²) in [4.78, 5) is 23.6. The van der Waals surface area contributed by atoms with Crippen LogP contribution in [0.25, 0.3) is 5.69 Å². The Hall–Kier alpha value is -3.28. The van der Waals surface area contributed by atoms with E-state index in [4.69, 9.17) is 0 Å². The molecule has 3 rings (SSSR count). The van der Waals surface area contributed by atoms with Crippen LogP contribution in [0.15, 0.2) is 48.5 Å². The van der Waals surface area contributed by atoms with Crippen LogP contribution in [0, 0.1) is 19.7 Å². The summed E-state index contributed by atoms with van der Waals surface area (Å²) in [5, 5.41) is 6.94. The van der Waals surface area contributed by atoms with E-state index in [1.165, 1.54) is 23.7 Å². The Morgan fingerprint density at radius 1 is 1.00 bits per heavy atom. The third-order valence-corrected chi connectivity index (χ3v) is 4.00. The first kappa shape index (κ1) is 17.5. The Morgan fingerprint density at radius 2 is 1.65 bits per heavy atom. The zero-order chi connectivity index (χ0) is 18.8. The molecule has 0 spiro atoms. The van der Waals surface area contributed by atoms with Gasteiger partial charge in [-0.3, -0.25) is 9.59 Å². The number of carbonyl (C=O) groups is 2. The molecule has 1 heterocycles. The van der Waals surface area contributed by atoms with E-state index >= 15 is 0 Å². The highest BCUT2D eigenvalue weighted by atomic mass is 19.1. The molecule has 1 amide bonds. The van der Waals surface area contributed by atoms with Gasteiger partial charge in [-0.2, -0.15) is 5.10 Å². The van der Waals surface area contributed by atoms with E-state index in [-0.39, 0.29) is 17.0 Å². The normalized spacial score (nSPS) is 10.6. The number of nitrogens with one attached hydrogen (secondary N) is 1. The molecular weight excluding hydrogens is 333 g/mol. The first-order chi connectivity index (χ1) is 12.3. The van der Waals surface area contributed by atoms with Gasteiger partial charge in [-0.15, -0.1) is 0 Å². The molecule has 5 nitrogen and oxygen atoms in total. The first-order valence-electron chi connectivity index (χ1n) is 8.10. The molecule has 6 heteroatoms. The van der Waals surface area contributed by atoms with Gasteiger partial charge in [0.05, 0.1) is 5.69 Å². The number of hydrogen-bond donors (Lipinski definition) is 1. The lowest BCUT2D eigenvalue weighted by Crippen LogP contribution is -2.13. The van der Waals surface area contributed by atoms with Crippen LogP contribution in [0.1, 0.15) is 39.0 Å². The minimum atomic E-state index is -0.532. The second-order valence-electron chi connectivity index (χ2n) is 6.09. The van der Waals surface area contributed by atoms with Gasteiger partial charge in [0.25, 0.3) is 5.91 Å². The fourth-order valence-electron chi connectivity index (χ4n) is 2.68. The number of benzene rings is 2. The zero-order valence-electron chi connectivity index (χ0n) is 14.7. The Balaban J connectivity index is 1.81. The van der Waals surface area contributed by atoms with Crippen LogP contribution >= 0.6 is 0 Å². The summed E-state index contributed by atoms with van der Waals surface area (Å²) < 4.78 is 16.0. The summed E-state index contributed by atoms with van der Waals surface area (Å²) in [6.07, 6.45) is 0. The van der Waals surface area contributed by atoms with Crippen molar-refractivity contribution >= 4 is 17.4 Å². The van der Waals surface area contributed by atoms with Crippen molar-refractivity contribution in [2.24, 2.45) is 0 Å². The summed E-state index contributed by atoms with van der Waals surface area (Å²) in [5.74, 6) is -1.01. The van der Waals surface area contributed by atoms with E-state index in [0.717, 1.165) is 11.4 Å². The molecular formula is C20H18FN3O2. The minimum absolute atomic E-state index is 0.0512. The maximum Gasteiger partial charge on any atom is 0.255 e. The Labute approximate surface area is 150 Å². The number of aryl methyl sites for hydroxylation is 2. The lowest BCUT2D eigenvalue weighted by Gasteiger charge is -2.09. The van der Waals surface area contributed by atoms with Crippen LogP contribution in [0.4, 0.5) is 10.1 Å². The van der Waals surface area contributed by atoms with Gasteiger partial charge in [0.2, 0.25) is 0 Å². The highest BCUT2D eigenvalue weighted by Crippen LogP contribution is 2.19. The van der Waals surface area contributed by atoms with Crippen molar-refractivity contribution in [3.63, 3.8) is 0 Å². The molecule has 0 aliphatic carbocycles. The van der Waals surface area contributed by atoms with Crippen molar-refractivity contribution in [2.45, 2.75) is 20.8 Å². The van der Waals surface area contributed by atoms with Crippen LogP contribution in [0.2, 0.25) is 0 Å². The highest BCUT2D eigenvalue weighted by molar-refractivity contribution is 6.04. The molecule has 132 valence electrons. The number of ketones is 1. The van der Waals surface area contributed by atoms with Gasteiger partial charge in [0, 0.05) is 22.5 Å². The largest absolute Gasteiger partial charge is 0.322 e. The molecule has 0 aliphatic heterocycles. The van der Waals surface area contributed by atoms with Crippen molar-refractivity contribution in [3.8, 4) is 5.69 Å². The minimum Gasteiger partial charge on any atom is -0.322 e. The highest BCUT2D eigenvalue weighted by Gasteiger charge is 2.13. The van der Waals surface area contributed by atoms with E-state index < -0.39 is 11.7 Å². The molecule has 0 unspecified atom stereocenters. The molecule has 3 aromatic rings. The SMILES string of the molecule is CC(=O)c1ccc(NC(=O)c2ccc(-n3nc(C)cc3C)c(F)c2)cc1. The van der Waals surface area contributed by atoms with Gasteiger partial charge in [-0.25, -0.2) is 9.07 Å². The maximum atomic E-state index is 14.5. The average Bonchev–Trinajstić information content (AvgIpc) is 2.93. The Kier molecular flexibility index (Phi) is 4.67. The molecule has 0 radical (unpaired) electrons. The monoisotopic (exact) mass is 351 g/mol. The predicted molar refractivity (Wildman–Crippen MR) is 97.4 cm³/mol. The van der Waals surface area contributed by atoms with Gasteiger partial charge >= 0.3 is 0 Å². The number of nitrogens with zero attached hydrogens (tertiary/aromatic N) is 2. The summed E-state index contributed by atoms with van der Waals surface area (Å²) >= 11 is 0. The topological polar surface area (TPSA) is 64.0 Å². The molecule has 26 heavy (non-hydrogen) atoms. The van der Waals surface area contributed by atoms with Crippen molar-refractivity contribution < 1.29 is 14.0 Å². The van der Waals surface area contributed by atoms with Crippen LogP contribution < -0.4 is 5.32 Å². The van der Waals surface area contributed by atoms with Crippen LogP contribution in [0.5, 0.6) is 0 Å². The second kappa shape index (κ2) is 6.92. The molecule has 0 atom stereocenters. The van der Waals surface area contributed by atoms with Gasteiger partial charge in [-0.05, 0) is 69.3 Å². The van der Waals surface area contributed by atoms with Gasteiger partial charge in [0.1, 0.15) is 11.5 Å². The molecule has 0 aliphatic rings. The smallest absolute Gasteiger partial charge is 0.255 e. The van der Waals surface area contributed by atoms with Crippen molar-refractivity contribution in [3.05, 3.63) is 76.9 Å². The molecule has 1 N–H and O–H groups in total. The number of aromatic nitrogens is 2. The standard InChI is InChI=1S/C20H18FN3O2/c1-12-10-13(2)24(23-12)19-9-6-16(11-18(19)21)20(26)22-17-7-4-15(5-8-17)14(3)25/h4-11H,1-3H3,(H,22,26). The molecule has 0 bridgehead atoms. The average molecular weight is 351 g/mol. The number of amides is 1. The first-order valence-corrected chi connectivity index (χ1v) is 8.10. The van der Waals surface area contributed by atoms with E-state index in [1.54, 1.807) is 30.3 Å². The number of rotatable bonds is 4. The lowest BCUT2D eigenvalue weighted by molar-refractivity contribution is 0.101. The molecule has 2 aromatic carbocycles. The van der Waals surface area contributed by atoms with E-state index in [1.807, 2.05) is 19.9 Å². The second-order valence-corrected chi connectivity index (χ2v) is 6.09. The van der Waals surface area contributed by atoms with Gasteiger partial charge < -0.3 is 5.32 Å². The third kappa shape index (κ3) is 3.54. The van der Waals surface area contributed by atoms with E-state index in [0.29, 0.717) is 11.3 Å². The van der Waals surface area contributed by atoms with E-state index in [2.05, 4.69) is 10.4 Å². The van der Waals surface area contributed by atoms with Crippen LogP contribution in [-0.2, 0) is 0 Å². The van der Waals surface area contributed by atoms with Crippen LogP contribution in [-0.4, -0.2) is 21.5 Å². The Bertz CT molecular complexity index is 991. The van der Waals surface area contributed by atoms with Crippen molar-refractivity contribution in [2.75, 3.05) is 5.32 Å². The summed E-state index contributed by atoms with van der Waals surface area (Å²) in [7, 11) is 0.